The van der Waals surface area contributed by atoms with Crippen LogP contribution in [0.2, 0.25) is 0 Å². The number of guanidine groups is 1. The van der Waals surface area contributed by atoms with Gasteiger partial charge in [0, 0.05) is 44.6 Å². The molecule has 0 radical (unpaired) electrons. The molecule has 0 saturated carbocycles. The lowest BCUT2D eigenvalue weighted by molar-refractivity contribution is -0.127. The Morgan fingerprint density at radius 2 is 2.11 bits per heavy atom. The predicted octanol–water partition coefficient (Wildman–Crippen LogP) is 1.53. The maximum Gasteiger partial charge on any atom is 0.409 e. The van der Waals surface area contributed by atoms with Crippen LogP contribution in [0, 0.1) is 0 Å². The number of nitrogens with one attached hydrogen (secondary N) is 2. The van der Waals surface area contributed by atoms with E-state index in [1.807, 2.05) is 13.0 Å². The number of piperidine rings is 1. The third-order valence-electron chi connectivity index (χ3n) is 4.48. The van der Waals surface area contributed by atoms with Crippen LogP contribution in [0.4, 0.5) is 4.79 Å². The second-order valence-corrected chi connectivity index (χ2v) is 7.85. The molecular weight excluding hydrogens is 378 g/mol. The summed E-state index contributed by atoms with van der Waals surface area (Å²) in [5, 5.41) is 8.80. The summed E-state index contributed by atoms with van der Waals surface area (Å²) >= 11 is 1.73. The van der Waals surface area contributed by atoms with Crippen molar-refractivity contribution in [2.24, 2.45) is 4.99 Å². The Balaban J connectivity index is 1.86. The Hall–Kier alpha value is -2.29. The maximum atomic E-state index is 11.9. The Morgan fingerprint density at radius 3 is 2.71 bits per heavy atom. The largest absolute Gasteiger partial charge is 0.450 e. The zero-order chi connectivity index (χ0) is 20.4. The van der Waals surface area contributed by atoms with Crippen LogP contribution in [0.5, 0.6) is 0 Å². The quantitative estimate of drug-likeness (QED) is 0.527. The van der Waals surface area contributed by atoms with Gasteiger partial charge in [0.2, 0.25) is 5.91 Å². The summed E-state index contributed by atoms with van der Waals surface area (Å²) in [6.45, 7) is 4.34. The van der Waals surface area contributed by atoms with Gasteiger partial charge in [-0.2, -0.15) is 0 Å². The van der Waals surface area contributed by atoms with Gasteiger partial charge in [0.05, 0.1) is 6.61 Å². The standard InChI is InChI=1S/C19H31N5O3S/c1-4-27-19(26)24-11-8-15(9-12-24)22-18(21-14-17(25)23(2)3)20-10-7-16-6-5-13-28-16/h5-6,13,15H,4,7-12,14H2,1-3H3,(H2,20,21,22). The number of rotatable bonds is 7. The van der Waals surface area contributed by atoms with E-state index in [2.05, 4.69) is 27.1 Å². The average molecular weight is 410 g/mol. The molecule has 2 rings (SSSR count). The van der Waals surface area contributed by atoms with E-state index in [9.17, 15) is 9.59 Å². The molecule has 1 aromatic heterocycles. The molecule has 28 heavy (non-hydrogen) atoms. The minimum atomic E-state index is -0.250. The van der Waals surface area contributed by atoms with Crippen molar-refractivity contribution >= 4 is 29.3 Å². The number of nitrogens with zero attached hydrogens (tertiary/aromatic N) is 3. The highest BCUT2D eigenvalue weighted by Gasteiger charge is 2.24. The molecule has 0 aliphatic carbocycles. The molecule has 0 unspecified atom stereocenters. The Kier molecular flexibility index (Phi) is 9.06. The zero-order valence-electron chi connectivity index (χ0n) is 16.9. The molecule has 1 aromatic rings. The molecule has 2 N–H and O–H groups in total. The van der Waals surface area contributed by atoms with E-state index >= 15 is 0 Å². The smallest absolute Gasteiger partial charge is 0.409 e. The van der Waals surface area contributed by atoms with Gasteiger partial charge in [0.1, 0.15) is 6.54 Å². The molecule has 1 saturated heterocycles. The van der Waals surface area contributed by atoms with Crippen molar-refractivity contribution in [1.82, 2.24) is 20.4 Å². The molecule has 0 bridgehead atoms. The Morgan fingerprint density at radius 1 is 1.36 bits per heavy atom. The number of likely N-dealkylation sites (tertiary alicyclic amines) is 1. The van der Waals surface area contributed by atoms with Crippen LogP contribution >= 0.6 is 11.3 Å². The van der Waals surface area contributed by atoms with Gasteiger partial charge in [0.15, 0.2) is 5.96 Å². The van der Waals surface area contributed by atoms with E-state index in [0.29, 0.717) is 25.7 Å². The van der Waals surface area contributed by atoms with Crippen LogP contribution in [0.25, 0.3) is 0 Å². The van der Waals surface area contributed by atoms with E-state index in [0.717, 1.165) is 25.8 Å². The molecule has 1 aliphatic rings. The van der Waals surface area contributed by atoms with Crippen molar-refractivity contribution in [2.75, 3.05) is 46.9 Å². The van der Waals surface area contributed by atoms with Gasteiger partial charge in [-0.15, -0.1) is 11.3 Å². The fourth-order valence-corrected chi connectivity index (χ4v) is 3.52. The van der Waals surface area contributed by atoms with Gasteiger partial charge in [-0.1, -0.05) is 6.07 Å². The third kappa shape index (κ3) is 7.38. The first-order chi connectivity index (χ1) is 13.5. The van der Waals surface area contributed by atoms with E-state index in [4.69, 9.17) is 4.74 Å². The number of carbonyl (C=O) groups is 2. The molecule has 1 aliphatic heterocycles. The maximum absolute atomic E-state index is 11.9. The molecule has 0 aromatic carbocycles. The molecule has 2 amide bonds. The minimum Gasteiger partial charge on any atom is -0.450 e. The van der Waals surface area contributed by atoms with Gasteiger partial charge < -0.3 is 25.2 Å². The number of hydrogen-bond donors (Lipinski definition) is 2. The first kappa shape index (κ1) is 22.0. The van der Waals surface area contributed by atoms with Crippen molar-refractivity contribution in [3.63, 3.8) is 0 Å². The summed E-state index contributed by atoms with van der Waals surface area (Å²) in [6, 6.07) is 4.35. The number of thiophene rings is 1. The lowest BCUT2D eigenvalue weighted by atomic mass is 10.1. The fourth-order valence-electron chi connectivity index (χ4n) is 2.81. The number of hydrogen-bond acceptors (Lipinski definition) is 5. The van der Waals surface area contributed by atoms with E-state index in [1.54, 1.807) is 30.3 Å². The van der Waals surface area contributed by atoms with E-state index < -0.39 is 0 Å². The molecule has 0 atom stereocenters. The van der Waals surface area contributed by atoms with Gasteiger partial charge in [-0.05, 0) is 37.6 Å². The number of likely N-dealkylation sites (N-methyl/N-ethyl adjacent to an activating group) is 1. The summed E-state index contributed by atoms with van der Waals surface area (Å²) in [5.74, 6) is 0.595. The fraction of sp³-hybridized carbons (Fsp3) is 0.632. The number of amides is 2. The van der Waals surface area contributed by atoms with Gasteiger partial charge in [0.25, 0.3) is 0 Å². The second kappa shape index (κ2) is 11.5. The van der Waals surface area contributed by atoms with Crippen molar-refractivity contribution in [2.45, 2.75) is 32.2 Å². The lowest BCUT2D eigenvalue weighted by Gasteiger charge is -2.32. The predicted molar refractivity (Wildman–Crippen MR) is 112 cm³/mol. The van der Waals surface area contributed by atoms with E-state index in [1.165, 1.54) is 9.78 Å². The number of ether oxygens (including phenoxy) is 1. The number of carbonyl (C=O) groups excluding carboxylic acids is 2. The topological polar surface area (TPSA) is 86.3 Å². The third-order valence-corrected chi connectivity index (χ3v) is 5.41. The molecule has 9 heteroatoms. The summed E-state index contributed by atoms with van der Waals surface area (Å²) in [7, 11) is 3.45. The summed E-state index contributed by atoms with van der Waals surface area (Å²) in [5.41, 5.74) is 0. The van der Waals surface area contributed by atoms with Crippen LogP contribution in [-0.2, 0) is 16.0 Å². The highest BCUT2D eigenvalue weighted by atomic mass is 32.1. The summed E-state index contributed by atoms with van der Waals surface area (Å²) in [6.07, 6.45) is 2.28. The SMILES string of the molecule is CCOC(=O)N1CCC(NC(=NCC(=O)N(C)C)NCCc2cccs2)CC1. The molecule has 8 nitrogen and oxygen atoms in total. The van der Waals surface area contributed by atoms with E-state index in [-0.39, 0.29) is 24.6 Å². The van der Waals surface area contributed by atoms with Crippen LogP contribution in [-0.4, -0.2) is 80.7 Å². The van der Waals surface area contributed by atoms with Crippen molar-refractivity contribution < 1.29 is 14.3 Å². The molecule has 0 spiro atoms. The van der Waals surface area contributed by atoms with Gasteiger partial charge in [-0.25, -0.2) is 9.79 Å². The summed E-state index contributed by atoms with van der Waals surface area (Å²) in [4.78, 5) is 32.7. The Bertz CT molecular complexity index is 640. The molecular formula is C19H31N5O3S. The lowest BCUT2D eigenvalue weighted by Crippen LogP contribution is -2.50. The highest BCUT2D eigenvalue weighted by Crippen LogP contribution is 2.12. The average Bonchev–Trinajstić information content (AvgIpc) is 3.19. The number of aliphatic imine (C=N–C) groups is 1. The highest BCUT2D eigenvalue weighted by molar-refractivity contribution is 7.09. The molecule has 156 valence electrons. The zero-order valence-corrected chi connectivity index (χ0v) is 17.8. The van der Waals surface area contributed by atoms with Crippen LogP contribution < -0.4 is 10.6 Å². The van der Waals surface area contributed by atoms with Crippen LogP contribution in [0.1, 0.15) is 24.6 Å². The monoisotopic (exact) mass is 409 g/mol. The van der Waals surface area contributed by atoms with Crippen LogP contribution in [0.15, 0.2) is 22.5 Å². The van der Waals surface area contributed by atoms with Gasteiger partial charge in [-0.3, -0.25) is 4.79 Å². The first-order valence-corrected chi connectivity index (χ1v) is 10.6. The minimum absolute atomic E-state index is 0.0449. The molecule has 1 fully saturated rings. The first-order valence-electron chi connectivity index (χ1n) is 9.68. The second-order valence-electron chi connectivity index (χ2n) is 6.81. The van der Waals surface area contributed by atoms with Crippen molar-refractivity contribution in [3.05, 3.63) is 22.4 Å². The van der Waals surface area contributed by atoms with Crippen molar-refractivity contribution in [3.8, 4) is 0 Å². The van der Waals surface area contributed by atoms with Crippen LogP contribution in [0.3, 0.4) is 0 Å². The van der Waals surface area contributed by atoms with Gasteiger partial charge >= 0.3 is 6.09 Å². The summed E-state index contributed by atoms with van der Waals surface area (Å²) < 4.78 is 5.06. The van der Waals surface area contributed by atoms with Crippen molar-refractivity contribution in [1.29, 1.82) is 0 Å². The Labute approximate surface area is 170 Å². The normalized spacial score (nSPS) is 15.2. The molecule has 2 heterocycles.